The first-order valence-electron chi connectivity index (χ1n) is 6.36. The lowest BCUT2D eigenvalue weighted by molar-refractivity contribution is 0.0954. The van der Waals surface area contributed by atoms with Crippen molar-refractivity contribution in [1.82, 2.24) is 5.32 Å². The number of hydrogen-bond donors (Lipinski definition) is 1. The molecule has 0 aliphatic carbocycles. The maximum atomic E-state index is 12.1. The molecular weight excluding hydrogens is 338 g/mol. The molecule has 0 bridgehead atoms. The van der Waals surface area contributed by atoms with Gasteiger partial charge in [0.25, 0.3) is 5.91 Å². The van der Waals surface area contributed by atoms with Crippen LogP contribution in [0.5, 0.6) is 0 Å². The summed E-state index contributed by atoms with van der Waals surface area (Å²) in [6.07, 6.45) is 0.810. The van der Waals surface area contributed by atoms with E-state index in [4.69, 9.17) is 11.6 Å². The van der Waals surface area contributed by atoms with Crippen LogP contribution < -0.4 is 5.32 Å². The largest absolute Gasteiger partial charge is 0.352 e. The van der Waals surface area contributed by atoms with Gasteiger partial charge in [0.15, 0.2) is 0 Å². The van der Waals surface area contributed by atoms with Gasteiger partial charge in [-0.2, -0.15) is 0 Å². The Morgan fingerprint density at radius 1 is 1.20 bits per heavy atom. The third-order valence-electron chi connectivity index (χ3n) is 3.14. The van der Waals surface area contributed by atoms with Crippen LogP contribution >= 0.6 is 27.5 Å². The number of hydrogen-bond acceptors (Lipinski definition) is 1. The smallest absolute Gasteiger partial charge is 0.252 e. The normalized spacial score (nSPS) is 10.3. The first-order valence-corrected chi connectivity index (χ1v) is 7.53. The van der Waals surface area contributed by atoms with Gasteiger partial charge in [-0.05, 0) is 52.5 Å². The van der Waals surface area contributed by atoms with Crippen molar-refractivity contribution in [3.8, 4) is 0 Å². The van der Waals surface area contributed by atoms with Gasteiger partial charge in [-0.25, -0.2) is 0 Å². The maximum absolute atomic E-state index is 12.1. The predicted octanol–water partition coefficient (Wildman–Crippen LogP) is 4.38. The van der Waals surface area contributed by atoms with Crippen LogP contribution in [0.2, 0.25) is 5.02 Å². The van der Waals surface area contributed by atoms with Crippen LogP contribution in [0, 0.1) is 6.92 Å². The summed E-state index contributed by atoms with van der Waals surface area (Å²) in [5.41, 5.74) is 2.97. The van der Waals surface area contributed by atoms with Gasteiger partial charge in [0.1, 0.15) is 0 Å². The summed E-state index contributed by atoms with van der Waals surface area (Å²) < 4.78 is 0.728. The van der Waals surface area contributed by atoms with Crippen LogP contribution in [0.15, 0.2) is 46.9 Å². The zero-order valence-electron chi connectivity index (χ0n) is 11.1. The Hall–Kier alpha value is -1.32. The zero-order valence-corrected chi connectivity index (χ0v) is 13.5. The van der Waals surface area contributed by atoms with Crippen LogP contribution in [0.4, 0.5) is 0 Å². The molecule has 0 saturated carbocycles. The van der Waals surface area contributed by atoms with Crippen molar-refractivity contribution in [2.45, 2.75) is 13.3 Å². The summed E-state index contributed by atoms with van der Waals surface area (Å²) in [7, 11) is 0. The molecule has 2 aromatic rings. The predicted molar refractivity (Wildman–Crippen MR) is 86.4 cm³/mol. The van der Waals surface area contributed by atoms with Crippen LogP contribution in [0.3, 0.4) is 0 Å². The minimum atomic E-state index is -0.148. The standard InChI is InChI=1S/C16H15BrClNO/c1-11-5-2-3-6-12(11)9-10-19-16(20)13-7-4-8-14(17)15(13)18/h2-8H,9-10H2,1H3,(H,19,20). The Morgan fingerprint density at radius 2 is 1.95 bits per heavy atom. The second-order valence-corrected chi connectivity index (χ2v) is 5.77. The maximum Gasteiger partial charge on any atom is 0.252 e. The van der Waals surface area contributed by atoms with Crippen LogP contribution in [-0.4, -0.2) is 12.5 Å². The number of carbonyl (C=O) groups excluding carboxylic acids is 1. The molecule has 0 atom stereocenters. The second-order valence-electron chi connectivity index (χ2n) is 4.53. The van der Waals surface area contributed by atoms with Gasteiger partial charge in [0.05, 0.1) is 10.6 Å². The number of nitrogens with one attached hydrogen (secondary N) is 1. The van der Waals surface area contributed by atoms with Crippen molar-refractivity contribution in [3.05, 3.63) is 68.7 Å². The third-order valence-corrected chi connectivity index (χ3v) is 4.43. The molecule has 0 aliphatic heterocycles. The SMILES string of the molecule is Cc1ccccc1CCNC(=O)c1cccc(Br)c1Cl. The van der Waals surface area contributed by atoms with Crippen LogP contribution in [0.1, 0.15) is 21.5 Å². The number of amides is 1. The zero-order chi connectivity index (χ0) is 14.5. The van der Waals surface area contributed by atoms with Crippen LogP contribution in [0.25, 0.3) is 0 Å². The summed E-state index contributed by atoms with van der Waals surface area (Å²) in [6, 6.07) is 13.5. The minimum absolute atomic E-state index is 0.148. The quantitative estimate of drug-likeness (QED) is 0.869. The molecule has 0 unspecified atom stereocenters. The first kappa shape index (κ1) is 15.1. The van der Waals surface area contributed by atoms with Crippen LogP contribution in [-0.2, 0) is 6.42 Å². The van der Waals surface area contributed by atoms with Gasteiger partial charge >= 0.3 is 0 Å². The van der Waals surface area contributed by atoms with Gasteiger partial charge < -0.3 is 5.32 Å². The highest BCUT2D eigenvalue weighted by Gasteiger charge is 2.11. The summed E-state index contributed by atoms with van der Waals surface area (Å²) in [5.74, 6) is -0.148. The summed E-state index contributed by atoms with van der Waals surface area (Å²) in [6.45, 7) is 2.66. The summed E-state index contributed by atoms with van der Waals surface area (Å²) >= 11 is 9.42. The van der Waals surface area contributed by atoms with E-state index in [0.29, 0.717) is 17.1 Å². The average Bonchev–Trinajstić information content (AvgIpc) is 2.44. The Balaban J connectivity index is 1.96. The number of aryl methyl sites for hydroxylation is 1. The Labute approximate surface area is 132 Å². The molecule has 0 aromatic heterocycles. The van der Waals surface area contributed by atoms with Gasteiger partial charge in [-0.15, -0.1) is 0 Å². The van der Waals surface area contributed by atoms with Gasteiger partial charge in [-0.1, -0.05) is 41.9 Å². The molecule has 0 radical (unpaired) electrons. The minimum Gasteiger partial charge on any atom is -0.352 e. The van der Waals surface area contributed by atoms with E-state index < -0.39 is 0 Å². The van der Waals surface area contributed by atoms with Gasteiger partial charge in [-0.3, -0.25) is 4.79 Å². The number of carbonyl (C=O) groups is 1. The van der Waals surface area contributed by atoms with E-state index in [-0.39, 0.29) is 5.91 Å². The van der Waals surface area contributed by atoms with Crippen molar-refractivity contribution >= 4 is 33.4 Å². The molecule has 4 heteroatoms. The topological polar surface area (TPSA) is 29.1 Å². The lowest BCUT2D eigenvalue weighted by Gasteiger charge is -2.09. The molecule has 0 saturated heterocycles. The Bertz CT molecular complexity index is 628. The molecule has 0 aliphatic rings. The molecule has 20 heavy (non-hydrogen) atoms. The first-order chi connectivity index (χ1) is 9.59. The van der Waals surface area contributed by atoms with E-state index in [9.17, 15) is 4.79 Å². The van der Waals surface area contributed by atoms with Crippen molar-refractivity contribution in [2.75, 3.05) is 6.54 Å². The monoisotopic (exact) mass is 351 g/mol. The molecular formula is C16H15BrClNO. The van der Waals surface area contributed by atoms with Crippen molar-refractivity contribution in [2.24, 2.45) is 0 Å². The number of benzene rings is 2. The molecule has 2 nitrogen and oxygen atoms in total. The highest BCUT2D eigenvalue weighted by molar-refractivity contribution is 9.10. The van der Waals surface area contributed by atoms with Gasteiger partial charge in [0, 0.05) is 11.0 Å². The lowest BCUT2D eigenvalue weighted by atomic mass is 10.1. The fourth-order valence-electron chi connectivity index (χ4n) is 1.98. The van der Waals surface area contributed by atoms with E-state index in [2.05, 4.69) is 40.3 Å². The summed E-state index contributed by atoms with van der Waals surface area (Å²) in [4.78, 5) is 12.1. The Morgan fingerprint density at radius 3 is 2.70 bits per heavy atom. The highest BCUT2D eigenvalue weighted by Crippen LogP contribution is 2.25. The highest BCUT2D eigenvalue weighted by atomic mass is 79.9. The fraction of sp³-hybridized carbons (Fsp3) is 0.188. The molecule has 0 fully saturated rings. The van der Waals surface area contributed by atoms with E-state index in [1.165, 1.54) is 11.1 Å². The van der Waals surface area contributed by atoms with Crippen molar-refractivity contribution in [3.63, 3.8) is 0 Å². The molecule has 1 N–H and O–H groups in total. The van der Waals surface area contributed by atoms with Crippen molar-refractivity contribution in [1.29, 1.82) is 0 Å². The molecule has 0 heterocycles. The van der Waals surface area contributed by atoms with E-state index >= 15 is 0 Å². The van der Waals surface area contributed by atoms with E-state index in [0.717, 1.165) is 10.9 Å². The number of rotatable bonds is 4. The molecule has 0 spiro atoms. The second kappa shape index (κ2) is 6.91. The number of halogens is 2. The molecule has 1 amide bonds. The van der Waals surface area contributed by atoms with E-state index in [1.54, 1.807) is 12.1 Å². The lowest BCUT2D eigenvalue weighted by Crippen LogP contribution is -2.26. The fourth-order valence-corrected chi connectivity index (χ4v) is 2.55. The Kier molecular flexibility index (Phi) is 5.21. The van der Waals surface area contributed by atoms with Crippen molar-refractivity contribution < 1.29 is 4.79 Å². The third kappa shape index (κ3) is 3.62. The molecule has 2 aromatic carbocycles. The summed E-state index contributed by atoms with van der Waals surface area (Å²) in [5, 5.41) is 3.34. The van der Waals surface area contributed by atoms with Gasteiger partial charge in [0.2, 0.25) is 0 Å². The molecule has 2 rings (SSSR count). The van der Waals surface area contributed by atoms with E-state index in [1.807, 2.05) is 18.2 Å². The molecule has 104 valence electrons. The average molecular weight is 353 g/mol.